The van der Waals surface area contributed by atoms with E-state index < -0.39 is 12.0 Å². The molecule has 0 aliphatic heterocycles. The normalized spacial score (nSPS) is 12.1. The summed E-state index contributed by atoms with van der Waals surface area (Å²) in [5.41, 5.74) is 5.21. The molecule has 11 heavy (non-hydrogen) atoms. The average molecular weight is 159 g/mol. The van der Waals surface area contributed by atoms with Gasteiger partial charge in [0.15, 0.2) is 0 Å². The maximum atomic E-state index is 10.2. The van der Waals surface area contributed by atoms with E-state index >= 15 is 0 Å². The topological polar surface area (TPSA) is 99.2 Å². The first-order chi connectivity index (χ1) is 5.18. The lowest BCUT2D eigenvalue weighted by molar-refractivity contribution is -0.138. The lowest BCUT2D eigenvalue weighted by Gasteiger charge is -2.04. The molecular weight excluding hydrogens is 146 g/mol. The SMILES string of the molecule is N=CNCCCC(N)C(=O)O. The van der Waals surface area contributed by atoms with Crippen LogP contribution >= 0.6 is 0 Å². The van der Waals surface area contributed by atoms with Crippen molar-refractivity contribution in [1.29, 1.82) is 5.41 Å². The van der Waals surface area contributed by atoms with Crippen LogP contribution in [0.25, 0.3) is 0 Å². The Morgan fingerprint density at radius 3 is 2.91 bits per heavy atom. The maximum Gasteiger partial charge on any atom is 0.320 e. The fourth-order valence-corrected chi connectivity index (χ4v) is 0.620. The van der Waals surface area contributed by atoms with Gasteiger partial charge in [0.25, 0.3) is 0 Å². The zero-order valence-electron chi connectivity index (χ0n) is 6.21. The van der Waals surface area contributed by atoms with Gasteiger partial charge in [0.05, 0.1) is 6.34 Å². The molecule has 0 saturated carbocycles. The summed E-state index contributed by atoms with van der Waals surface area (Å²) >= 11 is 0. The van der Waals surface area contributed by atoms with Gasteiger partial charge in [0.1, 0.15) is 6.04 Å². The van der Waals surface area contributed by atoms with E-state index in [0.29, 0.717) is 19.4 Å². The Labute approximate surface area is 65.1 Å². The molecule has 5 N–H and O–H groups in total. The first kappa shape index (κ1) is 9.90. The third-order valence-electron chi connectivity index (χ3n) is 1.26. The number of hydrogen-bond donors (Lipinski definition) is 4. The van der Waals surface area contributed by atoms with Crippen LogP contribution in [0.5, 0.6) is 0 Å². The molecule has 0 heterocycles. The van der Waals surface area contributed by atoms with Crippen molar-refractivity contribution in [2.24, 2.45) is 5.73 Å². The predicted molar refractivity (Wildman–Crippen MR) is 41.6 cm³/mol. The van der Waals surface area contributed by atoms with Crippen molar-refractivity contribution in [3.63, 3.8) is 0 Å². The lowest BCUT2D eigenvalue weighted by atomic mass is 10.2. The monoisotopic (exact) mass is 159 g/mol. The van der Waals surface area contributed by atoms with E-state index in [-0.39, 0.29) is 0 Å². The first-order valence-electron chi connectivity index (χ1n) is 3.39. The van der Waals surface area contributed by atoms with Crippen LogP contribution in [0.2, 0.25) is 0 Å². The molecule has 0 aromatic heterocycles. The zero-order valence-corrected chi connectivity index (χ0v) is 6.21. The van der Waals surface area contributed by atoms with Crippen molar-refractivity contribution in [2.45, 2.75) is 18.9 Å². The standard InChI is InChI=1S/C6H13N3O2/c7-4-9-3-1-2-5(8)6(10)11/h4-5H,1-3,8H2,(H2,7,9)(H,10,11). The molecule has 0 aromatic rings. The Bertz CT molecular complexity index is 138. The smallest absolute Gasteiger partial charge is 0.320 e. The predicted octanol–water partition coefficient (Wildman–Crippen LogP) is -0.625. The second kappa shape index (κ2) is 5.67. The van der Waals surface area contributed by atoms with Crippen LogP contribution < -0.4 is 11.1 Å². The van der Waals surface area contributed by atoms with Crippen molar-refractivity contribution in [1.82, 2.24) is 5.32 Å². The van der Waals surface area contributed by atoms with Gasteiger partial charge in [-0.05, 0) is 12.8 Å². The molecule has 0 radical (unpaired) electrons. The molecule has 5 nitrogen and oxygen atoms in total. The molecule has 0 rings (SSSR count). The molecular formula is C6H13N3O2. The van der Waals surface area contributed by atoms with Gasteiger partial charge in [-0.3, -0.25) is 10.2 Å². The second-order valence-electron chi connectivity index (χ2n) is 2.19. The Morgan fingerprint density at radius 2 is 2.45 bits per heavy atom. The number of rotatable bonds is 6. The van der Waals surface area contributed by atoms with Crippen LogP contribution in [0, 0.1) is 5.41 Å². The van der Waals surface area contributed by atoms with E-state index in [1.165, 1.54) is 0 Å². The minimum Gasteiger partial charge on any atom is -0.480 e. The highest BCUT2D eigenvalue weighted by Crippen LogP contribution is 1.92. The van der Waals surface area contributed by atoms with Crippen molar-refractivity contribution < 1.29 is 9.90 Å². The fraction of sp³-hybridized carbons (Fsp3) is 0.667. The number of carboxylic acid groups (broad SMARTS) is 1. The van der Waals surface area contributed by atoms with Crippen LogP contribution in [-0.4, -0.2) is 30.0 Å². The fourth-order valence-electron chi connectivity index (χ4n) is 0.620. The van der Waals surface area contributed by atoms with Crippen molar-refractivity contribution in [3.8, 4) is 0 Å². The van der Waals surface area contributed by atoms with Crippen molar-refractivity contribution in [2.75, 3.05) is 6.54 Å². The summed E-state index contributed by atoms with van der Waals surface area (Å²) in [5.74, 6) is -0.972. The van der Waals surface area contributed by atoms with Gasteiger partial charge in [-0.15, -0.1) is 0 Å². The van der Waals surface area contributed by atoms with Crippen LogP contribution in [0.1, 0.15) is 12.8 Å². The number of nitrogens with two attached hydrogens (primary N) is 1. The molecule has 0 spiro atoms. The summed E-state index contributed by atoms with van der Waals surface area (Å²) in [7, 11) is 0. The second-order valence-corrected chi connectivity index (χ2v) is 2.19. The third kappa shape index (κ3) is 5.35. The highest BCUT2D eigenvalue weighted by Gasteiger charge is 2.09. The molecule has 0 aliphatic rings. The van der Waals surface area contributed by atoms with Gasteiger partial charge in [-0.25, -0.2) is 0 Å². The number of carbonyl (C=O) groups is 1. The van der Waals surface area contributed by atoms with E-state index in [2.05, 4.69) is 5.32 Å². The van der Waals surface area contributed by atoms with Gasteiger partial charge in [0, 0.05) is 6.54 Å². The van der Waals surface area contributed by atoms with E-state index in [9.17, 15) is 4.79 Å². The van der Waals surface area contributed by atoms with E-state index in [4.69, 9.17) is 16.2 Å². The van der Waals surface area contributed by atoms with Crippen LogP contribution in [0.15, 0.2) is 0 Å². The molecule has 0 fully saturated rings. The Hall–Kier alpha value is -1.10. The molecule has 1 atom stereocenters. The molecule has 1 unspecified atom stereocenters. The van der Waals surface area contributed by atoms with Crippen LogP contribution in [0.4, 0.5) is 0 Å². The number of nitrogens with one attached hydrogen (secondary N) is 2. The molecule has 0 saturated heterocycles. The first-order valence-corrected chi connectivity index (χ1v) is 3.39. The summed E-state index contributed by atoms with van der Waals surface area (Å²) < 4.78 is 0. The Morgan fingerprint density at radius 1 is 1.82 bits per heavy atom. The highest BCUT2D eigenvalue weighted by atomic mass is 16.4. The lowest BCUT2D eigenvalue weighted by Crippen LogP contribution is -2.30. The van der Waals surface area contributed by atoms with Crippen LogP contribution in [0.3, 0.4) is 0 Å². The number of carboxylic acids is 1. The van der Waals surface area contributed by atoms with Gasteiger partial charge >= 0.3 is 5.97 Å². The minimum atomic E-state index is -0.972. The Balaban J connectivity index is 3.24. The van der Waals surface area contributed by atoms with E-state index in [1.54, 1.807) is 0 Å². The van der Waals surface area contributed by atoms with Gasteiger partial charge in [-0.1, -0.05) is 0 Å². The molecule has 0 aromatic carbocycles. The number of aliphatic carboxylic acids is 1. The van der Waals surface area contributed by atoms with Crippen LogP contribution in [-0.2, 0) is 4.79 Å². The summed E-state index contributed by atoms with van der Waals surface area (Å²) in [5, 5.41) is 17.6. The molecule has 0 bridgehead atoms. The third-order valence-corrected chi connectivity index (χ3v) is 1.26. The molecule has 0 amide bonds. The summed E-state index contributed by atoms with van der Waals surface area (Å²) in [6.07, 6.45) is 2.19. The molecule has 5 heteroatoms. The Kier molecular flexibility index (Phi) is 5.10. The van der Waals surface area contributed by atoms with Gasteiger partial charge < -0.3 is 16.2 Å². The molecule has 64 valence electrons. The summed E-state index contributed by atoms with van der Waals surface area (Å²) in [6, 6.07) is -0.775. The van der Waals surface area contributed by atoms with Gasteiger partial charge in [0.2, 0.25) is 0 Å². The maximum absolute atomic E-state index is 10.2. The highest BCUT2D eigenvalue weighted by molar-refractivity contribution is 5.72. The molecule has 0 aliphatic carbocycles. The van der Waals surface area contributed by atoms with E-state index in [0.717, 1.165) is 6.34 Å². The minimum absolute atomic E-state index is 0.441. The summed E-state index contributed by atoms with van der Waals surface area (Å²) in [6.45, 7) is 0.602. The quantitative estimate of drug-likeness (QED) is 0.235. The van der Waals surface area contributed by atoms with Crippen molar-refractivity contribution in [3.05, 3.63) is 0 Å². The number of hydrogen-bond acceptors (Lipinski definition) is 3. The van der Waals surface area contributed by atoms with E-state index in [1.807, 2.05) is 0 Å². The summed E-state index contributed by atoms with van der Waals surface area (Å²) in [4.78, 5) is 10.2. The largest absolute Gasteiger partial charge is 0.480 e. The van der Waals surface area contributed by atoms with Crippen molar-refractivity contribution >= 4 is 12.3 Å². The zero-order chi connectivity index (χ0) is 8.69. The van der Waals surface area contributed by atoms with Gasteiger partial charge in [-0.2, -0.15) is 0 Å². The average Bonchev–Trinajstić information content (AvgIpc) is 1.97.